The second-order valence-electron chi connectivity index (χ2n) is 4.74. The Morgan fingerprint density at radius 1 is 0.950 bits per heavy atom. The SMILES string of the molecule is [2H]C([2H])([2H])c1ccc(-c2ccc3c(c2)sc2ccccc23)nc1. The van der Waals surface area contributed by atoms with E-state index in [-0.39, 0.29) is 5.56 Å². The predicted octanol–water partition coefficient (Wildman–Crippen LogP) is 5.42. The van der Waals surface area contributed by atoms with Crippen LogP contribution in [-0.4, -0.2) is 4.98 Å². The van der Waals surface area contributed by atoms with Gasteiger partial charge in [-0.05, 0) is 30.6 Å². The van der Waals surface area contributed by atoms with Crippen LogP contribution in [0, 0.1) is 6.85 Å². The second kappa shape index (κ2) is 4.43. The molecular formula is C18H13NS. The summed E-state index contributed by atoms with van der Waals surface area (Å²) in [5, 5.41) is 2.51. The molecule has 2 heterocycles. The van der Waals surface area contributed by atoms with Crippen LogP contribution in [0.4, 0.5) is 0 Å². The summed E-state index contributed by atoms with van der Waals surface area (Å²) in [5.41, 5.74) is 2.06. The minimum absolute atomic E-state index is 0.268. The lowest BCUT2D eigenvalue weighted by Crippen LogP contribution is -1.83. The summed E-state index contributed by atoms with van der Waals surface area (Å²) in [6.45, 7) is -2.11. The summed E-state index contributed by atoms with van der Waals surface area (Å²) < 4.78 is 24.7. The molecule has 1 nitrogen and oxygen atoms in total. The van der Waals surface area contributed by atoms with E-state index in [1.165, 1.54) is 26.4 Å². The molecule has 4 aromatic rings. The van der Waals surface area contributed by atoms with E-state index < -0.39 is 6.85 Å². The van der Waals surface area contributed by atoms with E-state index in [0.29, 0.717) is 0 Å². The summed E-state index contributed by atoms with van der Waals surface area (Å²) >= 11 is 1.76. The Morgan fingerprint density at radius 3 is 2.70 bits per heavy atom. The van der Waals surface area contributed by atoms with Crippen molar-refractivity contribution in [1.82, 2.24) is 4.98 Å². The third-order valence-electron chi connectivity index (χ3n) is 3.44. The fourth-order valence-electron chi connectivity index (χ4n) is 2.45. The average molecular weight is 278 g/mol. The Morgan fingerprint density at radius 2 is 1.85 bits per heavy atom. The zero-order valence-corrected chi connectivity index (χ0v) is 11.4. The molecule has 2 aromatic heterocycles. The minimum atomic E-state index is -2.11. The van der Waals surface area contributed by atoms with E-state index in [0.717, 1.165) is 11.3 Å². The molecule has 0 aliphatic rings. The summed E-state index contributed by atoms with van der Waals surface area (Å²) in [5.74, 6) is 0. The molecule has 20 heavy (non-hydrogen) atoms. The van der Waals surface area contributed by atoms with Gasteiger partial charge in [0.1, 0.15) is 0 Å². The molecule has 0 amide bonds. The second-order valence-corrected chi connectivity index (χ2v) is 5.83. The lowest BCUT2D eigenvalue weighted by atomic mass is 10.1. The van der Waals surface area contributed by atoms with Crippen molar-refractivity contribution in [3.8, 4) is 11.3 Å². The third-order valence-corrected chi connectivity index (χ3v) is 4.57. The molecule has 0 atom stereocenters. The first-order chi connectivity index (χ1) is 11.0. The van der Waals surface area contributed by atoms with Gasteiger partial charge in [-0.15, -0.1) is 11.3 Å². The Hall–Kier alpha value is -2.19. The van der Waals surface area contributed by atoms with E-state index in [9.17, 15) is 0 Å². The van der Waals surface area contributed by atoms with Crippen LogP contribution >= 0.6 is 11.3 Å². The lowest BCUT2D eigenvalue weighted by Gasteiger charge is -2.01. The molecule has 4 rings (SSSR count). The number of fused-ring (bicyclic) bond motifs is 3. The van der Waals surface area contributed by atoms with Crippen molar-refractivity contribution in [3.63, 3.8) is 0 Å². The molecule has 0 spiro atoms. The fraction of sp³-hybridized carbons (Fsp3) is 0.0556. The topological polar surface area (TPSA) is 12.9 Å². The molecule has 2 heteroatoms. The number of thiophene rings is 1. The maximum absolute atomic E-state index is 7.41. The first-order valence-corrected chi connectivity index (χ1v) is 7.22. The number of nitrogens with zero attached hydrogens (tertiary/aromatic N) is 1. The van der Waals surface area contributed by atoms with Gasteiger partial charge in [-0.1, -0.05) is 36.4 Å². The number of hydrogen-bond acceptors (Lipinski definition) is 2. The molecule has 0 radical (unpaired) electrons. The molecule has 0 saturated carbocycles. The Labute approximate surface area is 125 Å². The van der Waals surface area contributed by atoms with E-state index >= 15 is 0 Å². The summed E-state index contributed by atoms with van der Waals surface area (Å²) in [7, 11) is 0. The Balaban J connectivity index is 1.81. The largest absolute Gasteiger partial charge is 0.256 e. The summed E-state index contributed by atoms with van der Waals surface area (Å²) in [6, 6.07) is 18.0. The fourth-order valence-corrected chi connectivity index (χ4v) is 3.60. The van der Waals surface area contributed by atoms with Gasteiger partial charge in [-0.25, -0.2) is 0 Å². The van der Waals surface area contributed by atoms with Crippen LogP contribution in [0.1, 0.15) is 9.68 Å². The van der Waals surface area contributed by atoms with Gasteiger partial charge < -0.3 is 0 Å². The number of pyridine rings is 1. The van der Waals surface area contributed by atoms with Crippen LogP contribution in [0.3, 0.4) is 0 Å². The smallest absolute Gasteiger partial charge is 0.0702 e. The Bertz CT molecular complexity index is 1000. The van der Waals surface area contributed by atoms with E-state index in [1.54, 1.807) is 23.5 Å². The van der Waals surface area contributed by atoms with Crippen LogP contribution in [0.5, 0.6) is 0 Å². The molecule has 0 aliphatic carbocycles. The molecule has 2 aromatic carbocycles. The van der Waals surface area contributed by atoms with Crippen molar-refractivity contribution in [2.45, 2.75) is 6.85 Å². The summed E-state index contributed by atoms with van der Waals surface area (Å²) in [6.07, 6.45) is 1.44. The number of benzene rings is 2. The van der Waals surface area contributed by atoms with E-state index in [4.69, 9.17) is 4.11 Å². The van der Waals surface area contributed by atoms with Gasteiger partial charge >= 0.3 is 0 Å². The number of aryl methyl sites for hydroxylation is 1. The van der Waals surface area contributed by atoms with Gasteiger partial charge in [0.05, 0.1) is 5.69 Å². The van der Waals surface area contributed by atoms with Gasteiger partial charge in [0.15, 0.2) is 0 Å². The van der Waals surface area contributed by atoms with Crippen LogP contribution < -0.4 is 0 Å². The van der Waals surface area contributed by atoms with E-state index in [2.05, 4.69) is 35.3 Å². The van der Waals surface area contributed by atoms with Crippen molar-refractivity contribution in [2.24, 2.45) is 0 Å². The highest BCUT2D eigenvalue weighted by molar-refractivity contribution is 7.25. The zero-order valence-electron chi connectivity index (χ0n) is 13.6. The highest BCUT2D eigenvalue weighted by atomic mass is 32.1. The van der Waals surface area contributed by atoms with Gasteiger partial charge in [0, 0.05) is 36.0 Å². The van der Waals surface area contributed by atoms with Crippen LogP contribution in [-0.2, 0) is 0 Å². The molecular weight excluding hydrogens is 262 g/mol. The van der Waals surface area contributed by atoms with Crippen LogP contribution in [0.15, 0.2) is 60.8 Å². The van der Waals surface area contributed by atoms with Crippen LogP contribution in [0.2, 0.25) is 0 Å². The quantitative estimate of drug-likeness (QED) is 0.452. The highest BCUT2D eigenvalue weighted by Gasteiger charge is 2.06. The van der Waals surface area contributed by atoms with Crippen molar-refractivity contribution in [1.29, 1.82) is 0 Å². The lowest BCUT2D eigenvalue weighted by molar-refractivity contribution is 1.27. The standard InChI is InChI=1S/C18H13NS/c1-12-6-9-16(19-11-12)13-7-8-15-14-4-2-3-5-17(14)20-18(15)10-13/h2-11H,1H3/i1D3. The molecule has 0 bridgehead atoms. The number of rotatable bonds is 1. The first kappa shape index (κ1) is 8.88. The van der Waals surface area contributed by atoms with E-state index in [1.807, 2.05) is 12.1 Å². The molecule has 0 unspecified atom stereocenters. The third kappa shape index (κ3) is 1.81. The van der Waals surface area contributed by atoms with Gasteiger partial charge in [0.2, 0.25) is 0 Å². The molecule has 0 saturated heterocycles. The molecule has 96 valence electrons. The first-order valence-electron chi connectivity index (χ1n) is 7.90. The minimum Gasteiger partial charge on any atom is -0.256 e. The van der Waals surface area contributed by atoms with Crippen molar-refractivity contribution in [3.05, 3.63) is 66.4 Å². The normalized spacial score (nSPS) is 14.1. The average Bonchev–Trinajstić information content (AvgIpc) is 2.92. The van der Waals surface area contributed by atoms with Crippen molar-refractivity contribution < 1.29 is 4.11 Å². The number of hydrogen-bond donors (Lipinski definition) is 0. The summed E-state index contributed by atoms with van der Waals surface area (Å²) in [4.78, 5) is 4.32. The maximum Gasteiger partial charge on any atom is 0.0702 e. The highest BCUT2D eigenvalue weighted by Crippen LogP contribution is 2.35. The van der Waals surface area contributed by atoms with Gasteiger partial charge in [-0.3, -0.25) is 4.98 Å². The maximum atomic E-state index is 7.41. The molecule has 0 fully saturated rings. The van der Waals surface area contributed by atoms with Crippen LogP contribution in [0.25, 0.3) is 31.4 Å². The van der Waals surface area contributed by atoms with Crippen molar-refractivity contribution in [2.75, 3.05) is 0 Å². The predicted molar refractivity (Wildman–Crippen MR) is 87.3 cm³/mol. The monoisotopic (exact) mass is 278 g/mol. The number of aromatic nitrogens is 1. The van der Waals surface area contributed by atoms with Gasteiger partial charge in [-0.2, -0.15) is 0 Å². The van der Waals surface area contributed by atoms with Crippen molar-refractivity contribution >= 4 is 31.5 Å². The Kier molecular flexibility index (Phi) is 1.96. The molecule has 0 aliphatic heterocycles. The zero-order chi connectivity index (χ0) is 16.0. The van der Waals surface area contributed by atoms with Gasteiger partial charge in [0.25, 0.3) is 0 Å². The molecule has 0 N–H and O–H groups in total.